The molecule has 0 aliphatic heterocycles. The third-order valence-corrected chi connectivity index (χ3v) is 0. The van der Waals surface area contributed by atoms with Crippen LogP contribution in [-0.4, -0.2) is 7.32 Å². The van der Waals surface area contributed by atoms with Gasteiger partial charge in [-0.15, -0.1) is 0 Å². The largest absolute Gasteiger partial charge is 3.00 e. The van der Waals surface area contributed by atoms with E-state index in [0.29, 0.717) is 0 Å². The van der Waals surface area contributed by atoms with Crippen LogP contribution < -0.4 is 15.1 Å². The summed E-state index contributed by atoms with van der Waals surface area (Å²) in [6.45, 7) is 0. The number of hydrogen-bond donors (Lipinski definition) is 0. The zero-order valence-corrected chi connectivity index (χ0v) is 5.12. The predicted octanol–water partition coefficient (Wildman–Crippen LogP) is -3.95. The number of rotatable bonds is 0. The summed E-state index contributed by atoms with van der Waals surface area (Å²) in [7, 11) is -2.92. The maximum absolute atomic E-state index is 8.42. The van der Waals surface area contributed by atoms with E-state index in [1.54, 1.807) is 0 Å². The van der Waals surface area contributed by atoms with E-state index >= 15 is 0 Å². The van der Waals surface area contributed by atoms with Gasteiger partial charge in [0.05, 0.1) is 0 Å². The van der Waals surface area contributed by atoms with Crippen molar-refractivity contribution in [2.45, 2.75) is 0 Å². The molecule has 0 fully saturated rings. The fourth-order valence-electron chi connectivity index (χ4n) is 0. The minimum atomic E-state index is -2.92. The van der Waals surface area contributed by atoms with Crippen LogP contribution in [0.15, 0.2) is 0 Å². The Hall–Kier alpha value is 1.28. The molecule has 0 aromatic heterocycles. The summed E-state index contributed by atoms with van der Waals surface area (Å²) in [5.41, 5.74) is 0. The summed E-state index contributed by atoms with van der Waals surface area (Å²) in [6.07, 6.45) is 0. The molecule has 0 amide bonds. The first kappa shape index (κ1) is 9.56. The van der Waals surface area contributed by atoms with E-state index < -0.39 is 7.32 Å². The monoisotopic (exact) mass is 204 g/mol. The van der Waals surface area contributed by atoms with Gasteiger partial charge in [0.15, 0.2) is 0 Å². The van der Waals surface area contributed by atoms with Crippen LogP contribution in [0.1, 0.15) is 0 Å². The Morgan fingerprint density at radius 2 is 1.00 bits per heavy atom. The van der Waals surface area contributed by atoms with Crippen LogP contribution in [-0.2, 0) is 0 Å². The first-order valence-corrected chi connectivity index (χ1v) is 0.707. The van der Waals surface area contributed by atoms with Gasteiger partial charge in [-0.1, -0.05) is 0 Å². The van der Waals surface area contributed by atoms with Crippen LogP contribution in [0.2, 0.25) is 0 Å². The molecule has 26 valence electrons. The summed E-state index contributed by atoms with van der Waals surface area (Å²) in [5.74, 6) is 0. The van der Waals surface area contributed by atoms with E-state index in [-0.39, 0.29) is 40.4 Å². The Labute approximate surface area is 62.3 Å². The predicted molar refractivity (Wildman–Crippen MR) is 5.75 cm³/mol. The molecule has 0 unspecified atom stereocenters. The van der Waals surface area contributed by atoms with Crippen molar-refractivity contribution in [1.29, 1.82) is 0 Å². The van der Waals surface area contributed by atoms with Gasteiger partial charge in [-0.25, -0.2) is 0 Å². The number of hydrogen-bond acceptors (Lipinski definition) is 3. The van der Waals surface area contributed by atoms with Gasteiger partial charge in [0, 0.05) is 0 Å². The average Bonchev–Trinajstić information content (AvgIpc) is 0.811. The van der Waals surface area contributed by atoms with Crippen molar-refractivity contribution in [3.8, 4) is 0 Å². The van der Waals surface area contributed by atoms with Crippen LogP contribution in [0.4, 0.5) is 0 Å². The standard InChI is InChI=1S/BO3.Pm/c2-1(3)4;/q-3;+3. The SMILES string of the molecule is [O-]B([O-])[O-].[Pm+3]. The minimum Gasteiger partial charge on any atom is -0.907 e. The molecule has 0 aliphatic rings. The van der Waals surface area contributed by atoms with E-state index in [1.807, 2.05) is 0 Å². The third kappa shape index (κ3) is 34.6. The average molecular weight is 204 g/mol. The van der Waals surface area contributed by atoms with Crippen molar-refractivity contribution in [3.05, 3.63) is 0 Å². The molecule has 0 N–H and O–H groups in total. The third-order valence-electron chi connectivity index (χ3n) is 0. The van der Waals surface area contributed by atoms with Gasteiger partial charge < -0.3 is 15.1 Å². The van der Waals surface area contributed by atoms with E-state index in [2.05, 4.69) is 0 Å². The van der Waals surface area contributed by atoms with Gasteiger partial charge in [-0.05, 0) is 0 Å². The van der Waals surface area contributed by atoms with Crippen molar-refractivity contribution >= 4 is 7.32 Å². The van der Waals surface area contributed by atoms with Crippen molar-refractivity contribution in [2.24, 2.45) is 0 Å². The van der Waals surface area contributed by atoms with Crippen LogP contribution in [0.3, 0.4) is 0 Å². The second-order valence-electron chi connectivity index (χ2n) is 0.289. The molecule has 0 saturated heterocycles. The normalized spacial score (nSPS) is 5.40. The first-order valence-electron chi connectivity index (χ1n) is 0.707. The molecular formula is BO3Pm. The topological polar surface area (TPSA) is 69.2 Å². The Morgan fingerprint density at radius 1 is 1.00 bits per heavy atom. The van der Waals surface area contributed by atoms with Gasteiger partial charge >= 0.3 is 40.4 Å². The molecule has 0 saturated carbocycles. The van der Waals surface area contributed by atoms with E-state index in [9.17, 15) is 0 Å². The molecule has 0 aliphatic carbocycles. The molecule has 0 radical (unpaired) electrons. The van der Waals surface area contributed by atoms with Gasteiger partial charge in [0.2, 0.25) is 0 Å². The van der Waals surface area contributed by atoms with Crippen molar-refractivity contribution in [3.63, 3.8) is 0 Å². The zero-order valence-electron chi connectivity index (χ0n) is 2.25. The second-order valence-corrected chi connectivity index (χ2v) is 0.289. The van der Waals surface area contributed by atoms with Crippen molar-refractivity contribution < 1.29 is 55.5 Å². The fraction of sp³-hybridized carbons (Fsp3) is 0. The van der Waals surface area contributed by atoms with Crippen molar-refractivity contribution in [1.82, 2.24) is 0 Å². The molecule has 0 atom stereocenters. The fourth-order valence-corrected chi connectivity index (χ4v) is 0. The van der Waals surface area contributed by atoms with Crippen LogP contribution in [0.5, 0.6) is 0 Å². The molecular weight excluding hydrogens is 204 g/mol. The molecule has 0 spiro atoms. The molecule has 0 bridgehead atoms. The van der Waals surface area contributed by atoms with Gasteiger partial charge in [-0.3, -0.25) is 7.32 Å². The Kier molecular flexibility index (Phi) is 10.1. The summed E-state index contributed by atoms with van der Waals surface area (Å²) in [4.78, 5) is 0. The summed E-state index contributed by atoms with van der Waals surface area (Å²) < 4.78 is 0. The van der Waals surface area contributed by atoms with Crippen LogP contribution in [0.25, 0.3) is 0 Å². The van der Waals surface area contributed by atoms with Crippen LogP contribution in [0, 0.1) is 40.4 Å². The maximum atomic E-state index is 8.42. The molecule has 3 nitrogen and oxygen atoms in total. The van der Waals surface area contributed by atoms with E-state index in [4.69, 9.17) is 15.1 Å². The first-order chi connectivity index (χ1) is 1.73. The Bertz CT molecular complexity index is 11.6. The molecule has 0 rings (SSSR count). The summed E-state index contributed by atoms with van der Waals surface area (Å²) >= 11 is 0. The van der Waals surface area contributed by atoms with Crippen LogP contribution >= 0.6 is 0 Å². The Balaban J connectivity index is 0. The quantitative estimate of drug-likeness (QED) is 0.378. The molecule has 0 aromatic rings. The van der Waals surface area contributed by atoms with Crippen molar-refractivity contribution in [2.75, 3.05) is 0 Å². The zero-order chi connectivity index (χ0) is 3.58. The van der Waals surface area contributed by atoms with Gasteiger partial charge in [0.25, 0.3) is 0 Å². The minimum absolute atomic E-state index is 0. The van der Waals surface area contributed by atoms with Gasteiger partial charge in [0.1, 0.15) is 0 Å². The van der Waals surface area contributed by atoms with Gasteiger partial charge in [-0.2, -0.15) is 0 Å². The summed E-state index contributed by atoms with van der Waals surface area (Å²) in [6, 6.07) is 0. The molecule has 5 heavy (non-hydrogen) atoms. The maximum Gasteiger partial charge on any atom is 3.00 e. The van der Waals surface area contributed by atoms with E-state index in [1.165, 1.54) is 0 Å². The second kappa shape index (κ2) is 5.28. The smallest absolute Gasteiger partial charge is 0.907 e. The molecule has 5 heteroatoms. The Morgan fingerprint density at radius 3 is 1.00 bits per heavy atom. The summed E-state index contributed by atoms with van der Waals surface area (Å²) in [5, 5.41) is 25.2. The molecule has 0 aromatic carbocycles. The molecule has 0 heterocycles. The van der Waals surface area contributed by atoms with E-state index in [0.717, 1.165) is 0 Å².